The number of aliphatic hydroxyl groups excluding tert-OH is 1. The van der Waals surface area contributed by atoms with Gasteiger partial charge >= 0.3 is 0 Å². The van der Waals surface area contributed by atoms with E-state index in [-0.39, 0.29) is 6.61 Å². The predicted octanol–water partition coefficient (Wildman–Crippen LogP) is 1.80. The number of pyridine rings is 1. The lowest BCUT2D eigenvalue weighted by molar-refractivity contribution is 0.00445. The number of benzene rings is 1. The Hall–Kier alpha value is -2.19. The van der Waals surface area contributed by atoms with E-state index in [0.29, 0.717) is 18.0 Å². The first-order valence-corrected chi connectivity index (χ1v) is 10.5. The Balaban J connectivity index is 1.43. The summed E-state index contributed by atoms with van der Waals surface area (Å²) >= 11 is 0. The average molecular weight is 416 g/mol. The van der Waals surface area contributed by atoms with Gasteiger partial charge in [-0.3, -0.25) is 9.88 Å². The van der Waals surface area contributed by atoms with E-state index in [1.165, 1.54) is 5.56 Å². The van der Waals surface area contributed by atoms with Crippen molar-refractivity contribution >= 4 is 0 Å². The van der Waals surface area contributed by atoms with Crippen LogP contribution in [0.2, 0.25) is 0 Å². The number of hydrogen-bond acceptors (Lipinski definition) is 7. The van der Waals surface area contributed by atoms with Gasteiger partial charge in [-0.1, -0.05) is 12.1 Å². The van der Waals surface area contributed by atoms with Gasteiger partial charge in [0.05, 0.1) is 20.3 Å². The molecule has 1 fully saturated rings. The number of nitrogens with zero attached hydrogens (tertiary/aromatic N) is 2. The molecule has 1 saturated heterocycles. The van der Waals surface area contributed by atoms with E-state index in [4.69, 9.17) is 14.2 Å². The highest BCUT2D eigenvalue weighted by atomic mass is 16.5. The molecule has 0 saturated carbocycles. The lowest BCUT2D eigenvalue weighted by Crippen LogP contribution is -2.42. The maximum atomic E-state index is 10.3. The molecule has 2 N–H and O–H groups in total. The Morgan fingerprint density at radius 2 is 2.07 bits per heavy atom. The topological polar surface area (TPSA) is 76.1 Å². The second-order valence-electron chi connectivity index (χ2n) is 7.56. The number of aryl methyl sites for hydroxylation is 1. The molecule has 2 heterocycles. The molecule has 164 valence electrons. The summed E-state index contributed by atoms with van der Waals surface area (Å²) in [6.45, 7) is 7.64. The third kappa shape index (κ3) is 6.95. The molecule has 3 rings (SSSR count). The Labute approximate surface area is 179 Å². The van der Waals surface area contributed by atoms with E-state index >= 15 is 0 Å². The maximum absolute atomic E-state index is 10.3. The summed E-state index contributed by atoms with van der Waals surface area (Å²) in [5.74, 6) is 1.32. The smallest absolute Gasteiger partial charge is 0.161 e. The van der Waals surface area contributed by atoms with E-state index < -0.39 is 6.10 Å². The van der Waals surface area contributed by atoms with E-state index in [1.807, 2.05) is 30.5 Å². The summed E-state index contributed by atoms with van der Waals surface area (Å²) < 4.78 is 16.6. The lowest BCUT2D eigenvalue weighted by atomic mass is 10.1. The van der Waals surface area contributed by atoms with Crippen molar-refractivity contribution in [1.82, 2.24) is 15.2 Å². The van der Waals surface area contributed by atoms with Crippen LogP contribution >= 0.6 is 0 Å². The molecule has 1 aliphatic heterocycles. The first-order chi connectivity index (χ1) is 14.7. The van der Waals surface area contributed by atoms with Gasteiger partial charge < -0.3 is 24.6 Å². The highest BCUT2D eigenvalue weighted by Crippen LogP contribution is 2.28. The monoisotopic (exact) mass is 415 g/mol. The Kier molecular flexibility index (Phi) is 8.89. The number of nitrogens with one attached hydrogen (secondary N) is 1. The zero-order chi connectivity index (χ0) is 21.2. The average Bonchev–Trinajstić information content (AvgIpc) is 2.77. The molecule has 1 atom stereocenters. The minimum Gasteiger partial charge on any atom is -0.493 e. The van der Waals surface area contributed by atoms with E-state index in [2.05, 4.69) is 28.2 Å². The van der Waals surface area contributed by atoms with Crippen molar-refractivity contribution in [3.8, 4) is 11.5 Å². The lowest BCUT2D eigenvalue weighted by Gasteiger charge is -2.28. The van der Waals surface area contributed by atoms with Gasteiger partial charge in [0.2, 0.25) is 0 Å². The quantitative estimate of drug-likeness (QED) is 0.542. The fourth-order valence-corrected chi connectivity index (χ4v) is 3.48. The second-order valence-corrected chi connectivity index (χ2v) is 7.56. The highest BCUT2D eigenvalue weighted by molar-refractivity contribution is 5.43. The normalized spacial score (nSPS) is 15.7. The number of rotatable bonds is 11. The molecular weight excluding hydrogens is 382 g/mol. The van der Waals surface area contributed by atoms with Gasteiger partial charge in [0.1, 0.15) is 12.7 Å². The van der Waals surface area contributed by atoms with Gasteiger partial charge in [-0.25, -0.2) is 0 Å². The van der Waals surface area contributed by atoms with Gasteiger partial charge in [-0.05, 0) is 36.2 Å². The van der Waals surface area contributed by atoms with Crippen LogP contribution in [0.15, 0.2) is 36.5 Å². The van der Waals surface area contributed by atoms with Crippen LogP contribution in [0.5, 0.6) is 11.5 Å². The molecule has 1 unspecified atom stereocenters. The molecule has 1 aromatic heterocycles. The standard InChI is InChI=1S/C23H33N3O4/c1-18-4-3-8-25-21(18)7-9-24-15-19-5-6-22(23(14-19)28-2)30-17-20(27)16-26-10-12-29-13-11-26/h3-6,8,14,20,24,27H,7,9-13,15-17H2,1-2H3. The Bertz CT molecular complexity index is 781. The van der Waals surface area contributed by atoms with Crippen LogP contribution < -0.4 is 14.8 Å². The summed E-state index contributed by atoms with van der Waals surface area (Å²) in [6.07, 6.45) is 2.18. The maximum Gasteiger partial charge on any atom is 0.161 e. The van der Waals surface area contributed by atoms with Crippen molar-refractivity contribution in [2.45, 2.75) is 26.0 Å². The van der Waals surface area contributed by atoms with Crippen molar-refractivity contribution in [2.75, 3.05) is 53.1 Å². The van der Waals surface area contributed by atoms with E-state index in [0.717, 1.165) is 57.1 Å². The SMILES string of the molecule is COc1cc(CNCCc2ncccc2C)ccc1OCC(O)CN1CCOCC1. The fourth-order valence-electron chi connectivity index (χ4n) is 3.48. The molecule has 0 aliphatic carbocycles. The molecule has 0 bridgehead atoms. The molecule has 0 radical (unpaired) electrons. The van der Waals surface area contributed by atoms with Crippen molar-refractivity contribution in [3.05, 3.63) is 53.3 Å². The van der Waals surface area contributed by atoms with Gasteiger partial charge in [0.25, 0.3) is 0 Å². The molecule has 7 heteroatoms. The van der Waals surface area contributed by atoms with Crippen LogP contribution in [0, 0.1) is 6.92 Å². The summed E-state index contributed by atoms with van der Waals surface area (Å²) in [6, 6.07) is 9.95. The number of ether oxygens (including phenoxy) is 3. The zero-order valence-corrected chi connectivity index (χ0v) is 18.0. The van der Waals surface area contributed by atoms with Crippen LogP contribution in [-0.4, -0.2) is 74.2 Å². The van der Waals surface area contributed by atoms with Crippen molar-refractivity contribution in [1.29, 1.82) is 0 Å². The summed E-state index contributed by atoms with van der Waals surface area (Å²) in [5, 5.41) is 13.7. The van der Waals surface area contributed by atoms with E-state index in [1.54, 1.807) is 7.11 Å². The van der Waals surface area contributed by atoms with Crippen LogP contribution in [0.1, 0.15) is 16.8 Å². The number of aromatic nitrogens is 1. The van der Waals surface area contributed by atoms with Crippen LogP contribution in [0.3, 0.4) is 0 Å². The van der Waals surface area contributed by atoms with Gasteiger partial charge in [-0.15, -0.1) is 0 Å². The van der Waals surface area contributed by atoms with Gasteiger partial charge in [0.15, 0.2) is 11.5 Å². The fraction of sp³-hybridized carbons (Fsp3) is 0.522. The van der Waals surface area contributed by atoms with Crippen molar-refractivity contribution in [2.24, 2.45) is 0 Å². The molecule has 1 aromatic carbocycles. The minimum absolute atomic E-state index is 0.231. The molecule has 1 aliphatic rings. The van der Waals surface area contributed by atoms with E-state index in [9.17, 15) is 5.11 Å². The number of hydrogen-bond donors (Lipinski definition) is 2. The Morgan fingerprint density at radius 1 is 1.23 bits per heavy atom. The third-order valence-electron chi connectivity index (χ3n) is 5.22. The van der Waals surface area contributed by atoms with Crippen LogP contribution in [0.25, 0.3) is 0 Å². The Morgan fingerprint density at radius 3 is 2.83 bits per heavy atom. The molecule has 0 spiro atoms. The van der Waals surface area contributed by atoms with Gasteiger partial charge in [-0.2, -0.15) is 0 Å². The summed E-state index contributed by atoms with van der Waals surface area (Å²) in [5.41, 5.74) is 3.46. The van der Waals surface area contributed by atoms with Crippen molar-refractivity contribution < 1.29 is 19.3 Å². The number of β-amino-alcohol motifs (C(OH)–C–C–N with tert-alkyl or cyclic N) is 1. The second kappa shape index (κ2) is 11.9. The van der Waals surface area contributed by atoms with Crippen LogP contribution in [-0.2, 0) is 17.7 Å². The predicted molar refractivity (Wildman–Crippen MR) is 116 cm³/mol. The highest BCUT2D eigenvalue weighted by Gasteiger charge is 2.16. The number of morpholine rings is 1. The van der Waals surface area contributed by atoms with Crippen LogP contribution in [0.4, 0.5) is 0 Å². The molecule has 2 aromatic rings. The molecule has 7 nitrogen and oxygen atoms in total. The van der Waals surface area contributed by atoms with Gasteiger partial charge in [0, 0.05) is 51.0 Å². The summed E-state index contributed by atoms with van der Waals surface area (Å²) in [4.78, 5) is 6.62. The molecular formula is C23H33N3O4. The summed E-state index contributed by atoms with van der Waals surface area (Å²) in [7, 11) is 1.63. The number of methoxy groups -OCH3 is 1. The van der Waals surface area contributed by atoms with Crippen molar-refractivity contribution in [3.63, 3.8) is 0 Å². The largest absolute Gasteiger partial charge is 0.493 e. The minimum atomic E-state index is -0.552. The third-order valence-corrected chi connectivity index (χ3v) is 5.22. The molecule has 30 heavy (non-hydrogen) atoms. The zero-order valence-electron chi connectivity index (χ0n) is 18.0. The first-order valence-electron chi connectivity index (χ1n) is 10.5. The first kappa shape index (κ1) is 22.5. The molecule has 0 amide bonds. The number of aliphatic hydroxyl groups is 1.